The first-order valence-corrected chi connectivity index (χ1v) is 6.27. The molecule has 2 heterocycles. The molecule has 2 N–H and O–H groups in total. The molecular formula is C13H16N2O3. The van der Waals surface area contributed by atoms with Crippen molar-refractivity contribution < 1.29 is 9.84 Å². The van der Waals surface area contributed by atoms with E-state index >= 15 is 0 Å². The zero-order chi connectivity index (χ0) is 12.5. The number of H-pyrrole nitrogens is 1. The Balaban J connectivity index is 1.95. The zero-order valence-electron chi connectivity index (χ0n) is 10.1. The van der Waals surface area contributed by atoms with Crippen LogP contribution in [0, 0.1) is 0 Å². The minimum atomic E-state index is -0.148. The fourth-order valence-electron chi connectivity index (χ4n) is 2.49. The maximum Gasteiger partial charge on any atom is 0.326 e. The van der Waals surface area contributed by atoms with E-state index in [-0.39, 0.29) is 17.5 Å². The molecule has 0 amide bonds. The van der Waals surface area contributed by atoms with E-state index < -0.39 is 0 Å². The molecule has 0 radical (unpaired) electrons. The van der Waals surface area contributed by atoms with Crippen molar-refractivity contribution in [1.29, 1.82) is 0 Å². The van der Waals surface area contributed by atoms with Gasteiger partial charge in [0.1, 0.15) is 5.75 Å². The Morgan fingerprint density at radius 2 is 2.33 bits per heavy atom. The first kappa shape index (κ1) is 11.3. The summed E-state index contributed by atoms with van der Waals surface area (Å²) in [7, 11) is 0. The number of aromatic amines is 1. The number of phenols is 1. The number of nitrogens with one attached hydrogen (secondary N) is 1. The second kappa shape index (κ2) is 4.49. The first-order chi connectivity index (χ1) is 8.74. The molecular weight excluding hydrogens is 232 g/mol. The van der Waals surface area contributed by atoms with Crippen LogP contribution in [-0.4, -0.2) is 27.4 Å². The molecule has 1 aliphatic rings. The molecule has 1 aromatic heterocycles. The molecule has 1 aliphatic heterocycles. The number of phenolic OH excluding ortho intramolecular Hbond substituents is 1. The molecule has 5 nitrogen and oxygen atoms in total. The van der Waals surface area contributed by atoms with Gasteiger partial charge in [0.2, 0.25) is 0 Å². The Kier molecular flexibility index (Phi) is 2.83. The Morgan fingerprint density at radius 1 is 1.44 bits per heavy atom. The van der Waals surface area contributed by atoms with Gasteiger partial charge < -0.3 is 14.8 Å². The maximum absolute atomic E-state index is 11.9. The quantitative estimate of drug-likeness (QED) is 0.848. The van der Waals surface area contributed by atoms with Crippen LogP contribution in [0.5, 0.6) is 5.75 Å². The van der Waals surface area contributed by atoms with Crippen molar-refractivity contribution in [2.45, 2.75) is 31.9 Å². The van der Waals surface area contributed by atoms with Crippen LogP contribution in [0.4, 0.5) is 0 Å². The van der Waals surface area contributed by atoms with Gasteiger partial charge in [-0.2, -0.15) is 0 Å². The normalized spacial score (nSPS) is 20.3. The van der Waals surface area contributed by atoms with Gasteiger partial charge in [0.05, 0.1) is 23.7 Å². The predicted octanol–water partition coefficient (Wildman–Crippen LogP) is 1.60. The number of benzene rings is 1. The van der Waals surface area contributed by atoms with Crippen LogP contribution in [0.1, 0.15) is 19.3 Å². The number of aromatic nitrogens is 2. The van der Waals surface area contributed by atoms with E-state index in [0.717, 1.165) is 31.4 Å². The van der Waals surface area contributed by atoms with Crippen molar-refractivity contribution in [1.82, 2.24) is 9.55 Å². The second-order valence-corrected chi connectivity index (χ2v) is 4.73. The largest absolute Gasteiger partial charge is 0.508 e. The number of aromatic hydroxyl groups is 1. The SMILES string of the molecule is O=c1[nH]c2cc(O)ccc2n1CC1CCCCO1. The highest BCUT2D eigenvalue weighted by molar-refractivity contribution is 5.76. The lowest BCUT2D eigenvalue weighted by Gasteiger charge is -2.22. The third kappa shape index (κ3) is 2.01. The van der Waals surface area contributed by atoms with Crippen molar-refractivity contribution in [3.8, 4) is 5.75 Å². The summed E-state index contributed by atoms with van der Waals surface area (Å²) in [5.74, 6) is 0.157. The number of hydrogen-bond acceptors (Lipinski definition) is 3. The van der Waals surface area contributed by atoms with Crippen LogP contribution >= 0.6 is 0 Å². The summed E-state index contributed by atoms with van der Waals surface area (Å²) in [6, 6.07) is 4.91. The molecule has 1 unspecified atom stereocenters. The molecule has 0 aliphatic carbocycles. The van der Waals surface area contributed by atoms with E-state index in [1.54, 1.807) is 22.8 Å². The van der Waals surface area contributed by atoms with E-state index in [4.69, 9.17) is 4.74 Å². The lowest BCUT2D eigenvalue weighted by molar-refractivity contribution is 0.00614. The standard InChI is InChI=1S/C13H16N2O3/c16-9-4-5-12-11(7-9)14-13(17)15(12)8-10-3-1-2-6-18-10/h4-5,7,10,16H,1-3,6,8H2,(H,14,17). The van der Waals surface area contributed by atoms with E-state index in [0.29, 0.717) is 12.1 Å². The van der Waals surface area contributed by atoms with E-state index in [2.05, 4.69) is 4.98 Å². The van der Waals surface area contributed by atoms with E-state index in [1.165, 1.54) is 0 Å². The highest BCUT2D eigenvalue weighted by Crippen LogP contribution is 2.19. The van der Waals surface area contributed by atoms with Gasteiger partial charge in [-0.3, -0.25) is 4.57 Å². The van der Waals surface area contributed by atoms with Gasteiger partial charge in [-0.05, 0) is 31.4 Å². The molecule has 2 aromatic rings. The van der Waals surface area contributed by atoms with Crippen molar-refractivity contribution in [3.63, 3.8) is 0 Å². The summed E-state index contributed by atoms with van der Waals surface area (Å²) in [4.78, 5) is 14.6. The molecule has 96 valence electrons. The van der Waals surface area contributed by atoms with E-state index in [1.807, 2.05) is 0 Å². The summed E-state index contributed by atoms with van der Waals surface area (Å²) >= 11 is 0. The van der Waals surface area contributed by atoms with Crippen molar-refractivity contribution in [3.05, 3.63) is 28.7 Å². The fourth-order valence-corrected chi connectivity index (χ4v) is 2.49. The van der Waals surface area contributed by atoms with Crippen LogP contribution in [0.15, 0.2) is 23.0 Å². The lowest BCUT2D eigenvalue weighted by Crippen LogP contribution is -2.29. The maximum atomic E-state index is 11.9. The van der Waals surface area contributed by atoms with E-state index in [9.17, 15) is 9.90 Å². The van der Waals surface area contributed by atoms with Crippen LogP contribution in [0.25, 0.3) is 11.0 Å². The van der Waals surface area contributed by atoms with Gasteiger partial charge in [0.15, 0.2) is 0 Å². The Hall–Kier alpha value is -1.75. The van der Waals surface area contributed by atoms with Crippen LogP contribution in [0.2, 0.25) is 0 Å². The zero-order valence-corrected chi connectivity index (χ0v) is 10.1. The molecule has 5 heteroatoms. The van der Waals surface area contributed by atoms with Gasteiger partial charge in [-0.25, -0.2) is 4.79 Å². The van der Waals surface area contributed by atoms with Crippen molar-refractivity contribution in [2.24, 2.45) is 0 Å². The highest BCUT2D eigenvalue weighted by Gasteiger charge is 2.17. The van der Waals surface area contributed by atoms with Gasteiger partial charge in [0, 0.05) is 12.7 Å². The number of ether oxygens (including phenoxy) is 1. The third-order valence-corrected chi connectivity index (χ3v) is 3.42. The molecule has 1 fully saturated rings. The van der Waals surface area contributed by atoms with Crippen LogP contribution in [0.3, 0.4) is 0 Å². The van der Waals surface area contributed by atoms with Crippen LogP contribution < -0.4 is 5.69 Å². The topological polar surface area (TPSA) is 67.2 Å². The van der Waals surface area contributed by atoms with Crippen molar-refractivity contribution in [2.75, 3.05) is 6.61 Å². The van der Waals surface area contributed by atoms with Gasteiger partial charge in [0.25, 0.3) is 0 Å². The smallest absolute Gasteiger partial charge is 0.326 e. The number of imidazole rings is 1. The molecule has 3 rings (SSSR count). The summed E-state index contributed by atoms with van der Waals surface area (Å²) in [5, 5.41) is 9.40. The predicted molar refractivity (Wildman–Crippen MR) is 67.8 cm³/mol. The fraction of sp³-hybridized carbons (Fsp3) is 0.462. The number of rotatable bonds is 2. The number of nitrogens with zero attached hydrogens (tertiary/aromatic N) is 1. The monoisotopic (exact) mass is 248 g/mol. The Morgan fingerprint density at radius 3 is 3.11 bits per heavy atom. The second-order valence-electron chi connectivity index (χ2n) is 4.73. The summed E-state index contributed by atoms with van der Waals surface area (Å²) in [6.45, 7) is 1.35. The summed E-state index contributed by atoms with van der Waals surface area (Å²) < 4.78 is 7.34. The van der Waals surface area contributed by atoms with Gasteiger partial charge in [-0.15, -0.1) is 0 Å². The molecule has 1 aromatic carbocycles. The summed E-state index contributed by atoms with van der Waals surface area (Å²) in [6.07, 6.45) is 3.37. The first-order valence-electron chi connectivity index (χ1n) is 6.27. The van der Waals surface area contributed by atoms with Gasteiger partial charge >= 0.3 is 5.69 Å². The van der Waals surface area contributed by atoms with Crippen LogP contribution in [-0.2, 0) is 11.3 Å². The highest BCUT2D eigenvalue weighted by atomic mass is 16.5. The van der Waals surface area contributed by atoms with Gasteiger partial charge in [-0.1, -0.05) is 0 Å². The molecule has 18 heavy (non-hydrogen) atoms. The molecule has 1 saturated heterocycles. The van der Waals surface area contributed by atoms with Crippen molar-refractivity contribution >= 4 is 11.0 Å². The summed E-state index contributed by atoms with van der Waals surface area (Å²) in [5.41, 5.74) is 1.33. The minimum absolute atomic E-state index is 0.115. The lowest BCUT2D eigenvalue weighted by atomic mass is 10.1. The molecule has 0 bridgehead atoms. The molecule has 0 spiro atoms. The Bertz CT molecular complexity index is 608. The average molecular weight is 248 g/mol. The molecule has 1 atom stereocenters. The Labute approximate surface area is 104 Å². The third-order valence-electron chi connectivity index (χ3n) is 3.42. The minimum Gasteiger partial charge on any atom is -0.508 e. The number of hydrogen-bond donors (Lipinski definition) is 2. The number of fused-ring (bicyclic) bond motifs is 1. The average Bonchev–Trinajstić information content (AvgIpc) is 2.66. The molecule has 0 saturated carbocycles.